The Kier molecular flexibility index (Phi) is 5.35. The maximum absolute atomic E-state index is 13.3. The number of benzene rings is 1. The van der Waals surface area contributed by atoms with Crippen LogP contribution in [-0.4, -0.2) is 25.1 Å². The van der Waals surface area contributed by atoms with Gasteiger partial charge in [-0.2, -0.15) is 0 Å². The summed E-state index contributed by atoms with van der Waals surface area (Å²) in [4.78, 5) is 11.8. The predicted octanol–water partition coefficient (Wildman–Crippen LogP) is 1.84. The number of amides is 1. The first-order valence-corrected chi connectivity index (χ1v) is 7.07. The first-order chi connectivity index (χ1) is 9.70. The standard InChI is InChI=1S/C15H21FN2O2/c16-12-5-1-2-7-14(12)20-9-8-15(19)18-13-6-3-4-11(13)10-17/h1-2,5,7,11,13H,3-4,6,8-10,17H2,(H,18,19). The van der Waals surface area contributed by atoms with E-state index in [-0.39, 0.29) is 30.7 Å². The van der Waals surface area contributed by atoms with Crippen LogP contribution in [0.5, 0.6) is 5.75 Å². The van der Waals surface area contributed by atoms with Crippen molar-refractivity contribution in [3.05, 3.63) is 30.1 Å². The van der Waals surface area contributed by atoms with Gasteiger partial charge in [0.15, 0.2) is 11.6 Å². The summed E-state index contributed by atoms with van der Waals surface area (Å²) in [6.45, 7) is 0.781. The number of ether oxygens (including phenoxy) is 1. The zero-order chi connectivity index (χ0) is 14.4. The lowest BCUT2D eigenvalue weighted by Gasteiger charge is -2.19. The number of nitrogens with one attached hydrogen (secondary N) is 1. The molecule has 1 aromatic rings. The SMILES string of the molecule is NCC1CCCC1NC(=O)CCOc1ccccc1F. The Hall–Kier alpha value is -1.62. The zero-order valence-corrected chi connectivity index (χ0v) is 11.5. The highest BCUT2D eigenvalue weighted by molar-refractivity contribution is 5.76. The number of halogens is 1. The number of nitrogens with two attached hydrogens (primary N) is 1. The Morgan fingerprint density at radius 1 is 1.40 bits per heavy atom. The Morgan fingerprint density at radius 3 is 2.95 bits per heavy atom. The molecule has 0 radical (unpaired) electrons. The van der Waals surface area contributed by atoms with Gasteiger partial charge in [0.05, 0.1) is 13.0 Å². The highest BCUT2D eigenvalue weighted by Gasteiger charge is 2.27. The van der Waals surface area contributed by atoms with Gasteiger partial charge in [0, 0.05) is 6.04 Å². The molecule has 1 amide bonds. The Morgan fingerprint density at radius 2 is 2.20 bits per heavy atom. The number of hydrogen-bond donors (Lipinski definition) is 2. The van der Waals surface area contributed by atoms with Gasteiger partial charge in [-0.05, 0) is 37.4 Å². The smallest absolute Gasteiger partial charge is 0.223 e. The molecule has 1 aliphatic rings. The third-order valence-corrected chi connectivity index (χ3v) is 3.73. The Bertz CT molecular complexity index is 453. The highest BCUT2D eigenvalue weighted by Crippen LogP contribution is 2.24. The topological polar surface area (TPSA) is 64.3 Å². The van der Waals surface area contributed by atoms with Crippen molar-refractivity contribution in [2.24, 2.45) is 11.7 Å². The molecule has 3 N–H and O–H groups in total. The Labute approximate surface area is 118 Å². The fraction of sp³-hybridized carbons (Fsp3) is 0.533. The lowest BCUT2D eigenvalue weighted by molar-refractivity contribution is -0.122. The molecule has 4 nitrogen and oxygen atoms in total. The molecule has 1 saturated carbocycles. The van der Waals surface area contributed by atoms with E-state index in [4.69, 9.17) is 10.5 Å². The normalized spacial score (nSPS) is 21.7. The summed E-state index contributed by atoms with van der Waals surface area (Å²) in [6.07, 6.45) is 3.40. The van der Waals surface area contributed by atoms with Gasteiger partial charge in [-0.25, -0.2) is 4.39 Å². The van der Waals surface area contributed by atoms with Gasteiger partial charge >= 0.3 is 0 Å². The summed E-state index contributed by atoms with van der Waals surface area (Å²) in [6, 6.07) is 6.36. The molecule has 0 heterocycles. The maximum atomic E-state index is 13.3. The number of hydrogen-bond acceptors (Lipinski definition) is 3. The minimum absolute atomic E-state index is 0.0633. The van der Waals surface area contributed by atoms with Crippen molar-refractivity contribution in [2.45, 2.75) is 31.7 Å². The van der Waals surface area contributed by atoms with Crippen molar-refractivity contribution in [3.63, 3.8) is 0 Å². The van der Waals surface area contributed by atoms with E-state index in [2.05, 4.69) is 5.32 Å². The van der Waals surface area contributed by atoms with Crippen LogP contribution in [0.4, 0.5) is 4.39 Å². The van der Waals surface area contributed by atoms with E-state index in [1.807, 2.05) is 0 Å². The second-order valence-corrected chi connectivity index (χ2v) is 5.13. The Balaban J connectivity index is 1.72. The zero-order valence-electron chi connectivity index (χ0n) is 11.5. The first-order valence-electron chi connectivity index (χ1n) is 7.07. The van der Waals surface area contributed by atoms with Crippen LogP contribution in [-0.2, 0) is 4.79 Å². The fourth-order valence-corrected chi connectivity index (χ4v) is 2.60. The van der Waals surface area contributed by atoms with Crippen LogP contribution in [0.2, 0.25) is 0 Å². The van der Waals surface area contributed by atoms with E-state index in [0.29, 0.717) is 12.5 Å². The van der Waals surface area contributed by atoms with E-state index in [0.717, 1.165) is 19.3 Å². The molecule has 1 aliphatic carbocycles. The monoisotopic (exact) mass is 280 g/mol. The van der Waals surface area contributed by atoms with Crippen molar-refractivity contribution in [3.8, 4) is 5.75 Å². The summed E-state index contributed by atoms with van der Waals surface area (Å²) in [5.41, 5.74) is 5.68. The molecule has 1 aromatic carbocycles. The van der Waals surface area contributed by atoms with Gasteiger partial charge in [0.1, 0.15) is 0 Å². The summed E-state index contributed by atoms with van der Waals surface area (Å²) >= 11 is 0. The fourth-order valence-electron chi connectivity index (χ4n) is 2.60. The summed E-state index contributed by atoms with van der Waals surface area (Å²) in [5.74, 6) is 0.0889. The molecule has 110 valence electrons. The van der Waals surface area contributed by atoms with Crippen molar-refractivity contribution < 1.29 is 13.9 Å². The third kappa shape index (κ3) is 3.93. The van der Waals surface area contributed by atoms with Crippen LogP contribution < -0.4 is 15.8 Å². The second-order valence-electron chi connectivity index (χ2n) is 5.13. The minimum atomic E-state index is -0.410. The van der Waals surface area contributed by atoms with Crippen LogP contribution in [0.3, 0.4) is 0 Å². The van der Waals surface area contributed by atoms with Gasteiger partial charge in [0.25, 0.3) is 0 Å². The van der Waals surface area contributed by atoms with Gasteiger partial charge in [-0.3, -0.25) is 4.79 Å². The number of rotatable bonds is 6. The molecule has 0 aliphatic heterocycles. The van der Waals surface area contributed by atoms with E-state index in [9.17, 15) is 9.18 Å². The third-order valence-electron chi connectivity index (χ3n) is 3.73. The summed E-state index contributed by atoms with van der Waals surface area (Å²) in [7, 11) is 0. The molecule has 0 bridgehead atoms. The van der Waals surface area contributed by atoms with Crippen LogP contribution in [0.15, 0.2) is 24.3 Å². The van der Waals surface area contributed by atoms with E-state index >= 15 is 0 Å². The molecule has 0 aromatic heterocycles. The lowest BCUT2D eigenvalue weighted by Crippen LogP contribution is -2.40. The maximum Gasteiger partial charge on any atom is 0.223 e. The second kappa shape index (κ2) is 7.24. The molecular weight excluding hydrogens is 259 g/mol. The molecule has 2 atom stereocenters. The summed E-state index contributed by atoms with van der Waals surface area (Å²) in [5, 5.41) is 2.99. The van der Waals surface area contributed by atoms with Crippen LogP contribution in [0.25, 0.3) is 0 Å². The van der Waals surface area contributed by atoms with Crippen molar-refractivity contribution in [2.75, 3.05) is 13.2 Å². The molecule has 20 heavy (non-hydrogen) atoms. The number of carbonyl (C=O) groups is 1. The first kappa shape index (κ1) is 14.8. The number of carbonyl (C=O) groups excluding carboxylic acids is 1. The molecule has 2 unspecified atom stereocenters. The van der Waals surface area contributed by atoms with Gasteiger partial charge in [-0.1, -0.05) is 18.6 Å². The molecular formula is C15H21FN2O2. The highest BCUT2D eigenvalue weighted by atomic mass is 19.1. The molecule has 1 fully saturated rings. The van der Waals surface area contributed by atoms with Crippen LogP contribution in [0.1, 0.15) is 25.7 Å². The van der Waals surface area contributed by atoms with Gasteiger partial charge in [0.2, 0.25) is 5.91 Å². The van der Waals surface area contributed by atoms with Crippen molar-refractivity contribution >= 4 is 5.91 Å². The molecule has 0 saturated heterocycles. The van der Waals surface area contributed by atoms with Crippen LogP contribution in [0, 0.1) is 11.7 Å². The number of para-hydroxylation sites is 1. The van der Waals surface area contributed by atoms with Gasteiger partial charge < -0.3 is 15.8 Å². The average molecular weight is 280 g/mol. The molecule has 5 heteroatoms. The van der Waals surface area contributed by atoms with E-state index in [1.54, 1.807) is 18.2 Å². The minimum Gasteiger partial charge on any atom is -0.490 e. The van der Waals surface area contributed by atoms with Crippen molar-refractivity contribution in [1.82, 2.24) is 5.32 Å². The summed E-state index contributed by atoms with van der Waals surface area (Å²) < 4.78 is 18.6. The largest absolute Gasteiger partial charge is 0.490 e. The predicted molar refractivity (Wildman–Crippen MR) is 74.8 cm³/mol. The lowest BCUT2D eigenvalue weighted by atomic mass is 10.0. The quantitative estimate of drug-likeness (QED) is 0.835. The molecule has 0 spiro atoms. The van der Waals surface area contributed by atoms with Gasteiger partial charge in [-0.15, -0.1) is 0 Å². The van der Waals surface area contributed by atoms with Crippen molar-refractivity contribution in [1.29, 1.82) is 0 Å². The van der Waals surface area contributed by atoms with Crippen LogP contribution >= 0.6 is 0 Å². The van der Waals surface area contributed by atoms with E-state index in [1.165, 1.54) is 6.07 Å². The molecule has 2 rings (SSSR count). The van der Waals surface area contributed by atoms with E-state index < -0.39 is 5.82 Å². The average Bonchev–Trinajstić information content (AvgIpc) is 2.88.